The molecule has 1 N–H and O–H groups in total. The van der Waals surface area contributed by atoms with E-state index < -0.39 is 23.7 Å². The number of hydrogen-bond donors (Lipinski definition) is 1. The Hall–Kier alpha value is -1.76. The van der Waals surface area contributed by atoms with Gasteiger partial charge in [0.2, 0.25) is 5.91 Å². The number of carbonyl (C=O) groups is 1. The van der Waals surface area contributed by atoms with Crippen LogP contribution in [0, 0.1) is 0 Å². The summed E-state index contributed by atoms with van der Waals surface area (Å²) in [7, 11) is 0. The molecule has 1 aromatic rings. The number of alkyl halides is 3. The van der Waals surface area contributed by atoms with E-state index in [1.165, 1.54) is 18.2 Å². The Morgan fingerprint density at radius 1 is 1.41 bits per heavy atom. The largest absolute Gasteiger partial charge is 0.494 e. The van der Waals surface area contributed by atoms with Crippen LogP contribution < -0.4 is 10.2 Å². The third kappa shape index (κ3) is 3.35. The first kappa shape index (κ1) is 16.6. The van der Waals surface area contributed by atoms with Crippen LogP contribution in [0.2, 0.25) is 0 Å². The third-order valence-corrected chi connectivity index (χ3v) is 3.54. The molecule has 0 aromatic heterocycles. The Labute approximate surface area is 127 Å². The van der Waals surface area contributed by atoms with E-state index in [1.54, 1.807) is 26.8 Å². The van der Waals surface area contributed by atoms with Gasteiger partial charge >= 0.3 is 6.18 Å². The van der Waals surface area contributed by atoms with Gasteiger partial charge < -0.3 is 4.74 Å². The van der Waals surface area contributed by atoms with Crippen LogP contribution in [-0.2, 0) is 4.79 Å². The number of nitrogens with zero attached hydrogens (tertiary/aromatic N) is 1. The molecule has 0 unspecified atom stereocenters. The van der Waals surface area contributed by atoms with Gasteiger partial charge in [-0.3, -0.25) is 10.2 Å². The molecule has 7 heteroatoms. The number of hydrazine groups is 1. The molecule has 122 valence electrons. The van der Waals surface area contributed by atoms with Crippen molar-refractivity contribution in [2.45, 2.75) is 44.9 Å². The molecule has 1 aliphatic rings. The first-order valence-corrected chi connectivity index (χ1v) is 7.03. The van der Waals surface area contributed by atoms with Gasteiger partial charge in [-0.15, -0.1) is 0 Å². The molecule has 0 aliphatic carbocycles. The molecule has 2 rings (SSSR count). The monoisotopic (exact) mass is 316 g/mol. The molecule has 22 heavy (non-hydrogen) atoms. The van der Waals surface area contributed by atoms with E-state index in [4.69, 9.17) is 4.74 Å². The zero-order chi connectivity index (χ0) is 16.5. The van der Waals surface area contributed by atoms with Crippen molar-refractivity contribution < 1.29 is 22.7 Å². The Bertz CT molecular complexity index is 558. The molecule has 1 aromatic carbocycles. The van der Waals surface area contributed by atoms with Gasteiger partial charge in [0.25, 0.3) is 0 Å². The first-order valence-electron chi connectivity index (χ1n) is 7.03. The summed E-state index contributed by atoms with van der Waals surface area (Å²) in [6.45, 7) is 5.34. The average Bonchev–Trinajstić information content (AvgIpc) is 2.62. The normalized spacial score (nSPS) is 19.8. The summed E-state index contributed by atoms with van der Waals surface area (Å²) in [6.07, 6.45) is -4.51. The standard InChI is InChI=1S/C15H19F3N2O2/c1-4-22-11-7-5-6-10(8-11)13(15(16,17)18)20-14(2,3)9-12(21)19-20/h5-8,13H,4,9H2,1-3H3,(H,19,21)/t13-/m0/s1. The van der Waals surface area contributed by atoms with Gasteiger partial charge in [-0.2, -0.15) is 18.2 Å². The zero-order valence-corrected chi connectivity index (χ0v) is 12.7. The van der Waals surface area contributed by atoms with Gasteiger partial charge in [0, 0.05) is 12.0 Å². The van der Waals surface area contributed by atoms with Crippen molar-refractivity contribution in [3.63, 3.8) is 0 Å². The summed E-state index contributed by atoms with van der Waals surface area (Å²) in [6, 6.07) is 3.95. The quantitative estimate of drug-likeness (QED) is 0.927. The lowest BCUT2D eigenvalue weighted by Gasteiger charge is -2.38. The third-order valence-electron chi connectivity index (χ3n) is 3.54. The van der Waals surface area contributed by atoms with Gasteiger partial charge in [0.05, 0.1) is 6.61 Å². The van der Waals surface area contributed by atoms with Crippen molar-refractivity contribution in [2.24, 2.45) is 0 Å². The Balaban J connectivity index is 2.43. The zero-order valence-electron chi connectivity index (χ0n) is 12.7. The minimum Gasteiger partial charge on any atom is -0.494 e. The minimum absolute atomic E-state index is 0.0186. The topological polar surface area (TPSA) is 41.6 Å². The molecule has 1 aliphatic heterocycles. The lowest BCUT2D eigenvalue weighted by Crippen LogP contribution is -2.51. The van der Waals surface area contributed by atoms with E-state index in [2.05, 4.69) is 5.43 Å². The highest BCUT2D eigenvalue weighted by Crippen LogP contribution is 2.43. The Morgan fingerprint density at radius 3 is 2.59 bits per heavy atom. The van der Waals surface area contributed by atoms with Gasteiger partial charge in [0.1, 0.15) is 5.75 Å². The maximum absolute atomic E-state index is 13.6. The highest BCUT2D eigenvalue weighted by molar-refractivity contribution is 5.79. The summed E-state index contributed by atoms with van der Waals surface area (Å²) in [5, 5.41) is 0.987. The number of carbonyl (C=O) groups excluding carboxylic acids is 1. The van der Waals surface area contributed by atoms with Gasteiger partial charge in [-0.1, -0.05) is 12.1 Å². The highest BCUT2D eigenvalue weighted by Gasteiger charge is 2.53. The second kappa shape index (κ2) is 5.79. The van der Waals surface area contributed by atoms with Crippen LogP contribution in [0.4, 0.5) is 13.2 Å². The Morgan fingerprint density at radius 2 is 2.09 bits per heavy atom. The molecule has 1 saturated heterocycles. The van der Waals surface area contributed by atoms with E-state index in [9.17, 15) is 18.0 Å². The van der Waals surface area contributed by atoms with Crippen LogP contribution in [0.3, 0.4) is 0 Å². The number of benzene rings is 1. The van der Waals surface area contributed by atoms with Crippen molar-refractivity contribution in [1.82, 2.24) is 10.4 Å². The van der Waals surface area contributed by atoms with Crippen molar-refractivity contribution >= 4 is 5.91 Å². The fourth-order valence-corrected chi connectivity index (χ4v) is 2.64. The summed E-state index contributed by atoms with van der Waals surface area (Å²) in [4.78, 5) is 11.6. The summed E-state index contributed by atoms with van der Waals surface area (Å²) in [5.41, 5.74) is 1.44. The molecule has 1 heterocycles. The molecule has 0 spiro atoms. The number of amides is 1. The molecular formula is C15H19F3N2O2. The van der Waals surface area contributed by atoms with Crippen molar-refractivity contribution in [3.05, 3.63) is 29.8 Å². The summed E-state index contributed by atoms with van der Waals surface area (Å²) >= 11 is 0. The van der Waals surface area contributed by atoms with Gasteiger partial charge in [-0.05, 0) is 38.5 Å². The summed E-state index contributed by atoms with van der Waals surface area (Å²) in [5.74, 6) is -0.0437. The van der Waals surface area contributed by atoms with Crippen LogP contribution in [0.15, 0.2) is 24.3 Å². The molecule has 1 amide bonds. The van der Waals surface area contributed by atoms with E-state index in [0.717, 1.165) is 5.01 Å². The number of hydrogen-bond acceptors (Lipinski definition) is 3. The smallest absolute Gasteiger partial charge is 0.409 e. The van der Waals surface area contributed by atoms with E-state index in [1.807, 2.05) is 0 Å². The molecule has 1 atom stereocenters. The second-order valence-electron chi connectivity index (χ2n) is 5.84. The summed E-state index contributed by atoms with van der Waals surface area (Å²) < 4.78 is 46.1. The van der Waals surface area contributed by atoms with Crippen LogP contribution in [0.25, 0.3) is 0 Å². The van der Waals surface area contributed by atoms with Crippen LogP contribution in [-0.4, -0.2) is 29.2 Å². The number of ether oxygens (including phenoxy) is 1. The molecule has 0 radical (unpaired) electrons. The fraction of sp³-hybridized carbons (Fsp3) is 0.533. The van der Waals surface area contributed by atoms with Crippen molar-refractivity contribution in [2.75, 3.05) is 6.61 Å². The van der Waals surface area contributed by atoms with E-state index >= 15 is 0 Å². The second-order valence-corrected chi connectivity index (χ2v) is 5.84. The van der Waals surface area contributed by atoms with Crippen molar-refractivity contribution in [3.8, 4) is 5.75 Å². The average molecular weight is 316 g/mol. The van der Waals surface area contributed by atoms with Gasteiger partial charge in [0.15, 0.2) is 6.04 Å². The number of rotatable bonds is 4. The SMILES string of the molecule is CCOc1cccc([C@H](N2NC(=O)CC2(C)C)C(F)(F)F)c1. The van der Waals surface area contributed by atoms with E-state index in [-0.39, 0.29) is 12.0 Å². The van der Waals surface area contributed by atoms with Gasteiger partial charge in [-0.25, -0.2) is 0 Å². The lowest BCUT2D eigenvalue weighted by molar-refractivity contribution is -0.203. The fourth-order valence-electron chi connectivity index (χ4n) is 2.64. The first-order chi connectivity index (χ1) is 10.1. The predicted molar refractivity (Wildman–Crippen MR) is 75.1 cm³/mol. The van der Waals surface area contributed by atoms with Crippen molar-refractivity contribution in [1.29, 1.82) is 0 Å². The van der Waals surface area contributed by atoms with E-state index in [0.29, 0.717) is 12.4 Å². The molecule has 4 nitrogen and oxygen atoms in total. The highest BCUT2D eigenvalue weighted by atomic mass is 19.4. The molecular weight excluding hydrogens is 297 g/mol. The number of halogens is 3. The predicted octanol–water partition coefficient (Wildman–Crippen LogP) is 3.20. The number of nitrogens with one attached hydrogen (secondary N) is 1. The van der Waals surface area contributed by atoms with Crippen LogP contribution in [0.1, 0.15) is 38.8 Å². The molecule has 1 fully saturated rings. The maximum Gasteiger partial charge on any atom is 0.409 e. The molecule has 0 bridgehead atoms. The Kier molecular flexibility index (Phi) is 4.37. The lowest BCUT2D eigenvalue weighted by atomic mass is 9.97. The van der Waals surface area contributed by atoms with Crippen LogP contribution >= 0.6 is 0 Å². The maximum atomic E-state index is 13.6. The minimum atomic E-state index is -4.53. The molecule has 0 saturated carbocycles. The van der Waals surface area contributed by atoms with Crippen LogP contribution in [0.5, 0.6) is 5.75 Å².